The van der Waals surface area contributed by atoms with Crippen LogP contribution in [0.25, 0.3) is 22.2 Å². The summed E-state index contributed by atoms with van der Waals surface area (Å²) in [4.78, 5) is 31.8. The van der Waals surface area contributed by atoms with Gasteiger partial charge in [-0.2, -0.15) is 0 Å². The van der Waals surface area contributed by atoms with E-state index in [-0.39, 0.29) is 11.5 Å². The molecule has 2 aromatic carbocycles. The highest BCUT2D eigenvalue weighted by Crippen LogP contribution is 2.31. The fourth-order valence-corrected chi connectivity index (χ4v) is 6.04. The van der Waals surface area contributed by atoms with Crippen LogP contribution in [0.2, 0.25) is 5.02 Å². The number of likely N-dealkylation sites (N-methyl/N-ethyl adjacent to an activating group) is 1. The summed E-state index contributed by atoms with van der Waals surface area (Å²) in [7, 11) is -1.60. The molecule has 9 heteroatoms. The lowest BCUT2D eigenvalue weighted by Crippen LogP contribution is -2.40. The highest BCUT2D eigenvalue weighted by atomic mass is 35.5. The third-order valence-electron chi connectivity index (χ3n) is 5.91. The van der Waals surface area contributed by atoms with Crippen molar-refractivity contribution in [3.8, 4) is 11.3 Å². The minimum Gasteiger partial charge on any atom is -0.452 e. The van der Waals surface area contributed by atoms with Gasteiger partial charge in [0, 0.05) is 29.1 Å². The zero-order valence-corrected chi connectivity index (χ0v) is 19.8. The number of hydrogen-bond acceptors (Lipinski definition) is 6. The number of carbonyl (C=O) groups is 2. The van der Waals surface area contributed by atoms with Crippen LogP contribution in [0.4, 0.5) is 0 Å². The number of sulfone groups is 1. The van der Waals surface area contributed by atoms with Gasteiger partial charge in [-0.3, -0.25) is 4.79 Å². The number of esters is 1. The van der Waals surface area contributed by atoms with Crippen LogP contribution in [-0.4, -0.2) is 61.4 Å². The Hall–Kier alpha value is -2.97. The van der Waals surface area contributed by atoms with Crippen molar-refractivity contribution in [2.24, 2.45) is 0 Å². The molecule has 0 unspecified atom stereocenters. The molecule has 7 nitrogen and oxygen atoms in total. The number of amides is 1. The summed E-state index contributed by atoms with van der Waals surface area (Å²) in [6.45, 7) is 1.30. The number of fused-ring (bicyclic) bond motifs is 1. The first-order chi connectivity index (χ1) is 15.7. The summed E-state index contributed by atoms with van der Waals surface area (Å²) < 4.78 is 28.8. The molecule has 1 aromatic heterocycles. The molecule has 1 saturated heterocycles. The average molecular weight is 487 g/mol. The monoisotopic (exact) mass is 486 g/mol. The van der Waals surface area contributed by atoms with E-state index < -0.39 is 34.4 Å². The van der Waals surface area contributed by atoms with Crippen LogP contribution >= 0.6 is 11.6 Å². The van der Waals surface area contributed by atoms with Crippen LogP contribution in [0.3, 0.4) is 0 Å². The van der Waals surface area contributed by atoms with E-state index in [1.54, 1.807) is 37.3 Å². The maximum Gasteiger partial charge on any atom is 0.339 e. The standard InChI is InChI=1S/C24H23ClN2O5S/c1-15-22(24(29)32-13-21(28)27(2)18-10-11-33(30,31)14-18)19-8-3-4-9-20(19)26-23(15)16-6-5-7-17(25)12-16/h3-9,12,18H,10-11,13-14H2,1-2H3/t18-/m1/s1. The molecule has 1 aliphatic rings. The molecule has 172 valence electrons. The Morgan fingerprint density at radius 3 is 2.64 bits per heavy atom. The van der Waals surface area contributed by atoms with Crippen molar-refractivity contribution in [3.63, 3.8) is 0 Å². The zero-order valence-electron chi connectivity index (χ0n) is 18.2. The number of pyridine rings is 1. The molecule has 1 fully saturated rings. The molecule has 3 aromatic rings. The van der Waals surface area contributed by atoms with Crippen molar-refractivity contribution in [1.29, 1.82) is 0 Å². The van der Waals surface area contributed by atoms with E-state index in [1.165, 1.54) is 11.9 Å². The molecular weight excluding hydrogens is 464 g/mol. The Labute approximate surface area is 197 Å². The Morgan fingerprint density at radius 1 is 1.18 bits per heavy atom. The Morgan fingerprint density at radius 2 is 1.94 bits per heavy atom. The van der Waals surface area contributed by atoms with Gasteiger partial charge in [0.25, 0.3) is 5.91 Å². The summed E-state index contributed by atoms with van der Waals surface area (Å²) in [5.74, 6) is -1.10. The fourth-order valence-electron chi connectivity index (χ4n) is 4.07. The van der Waals surface area contributed by atoms with Crippen molar-refractivity contribution in [2.75, 3.05) is 25.2 Å². The van der Waals surface area contributed by atoms with E-state index in [9.17, 15) is 18.0 Å². The lowest BCUT2D eigenvalue weighted by atomic mass is 9.98. The number of nitrogens with zero attached hydrogens (tertiary/aromatic N) is 2. The van der Waals surface area contributed by atoms with Crippen molar-refractivity contribution < 1.29 is 22.7 Å². The van der Waals surface area contributed by atoms with Crippen LogP contribution in [0.15, 0.2) is 48.5 Å². The Bertz CT molecular complexity index is 1360. The van der Waals surface area contributed by atoms with Crippen LogP contribution in [0.1, 0.15) is 22.3 Å². The van der Waals surface area contributed by atoms with Crippen molar-refractivity contribution in [2.45, 2.75) is 19.4 Å². The quantitative estimate of drug-likeness (QED) is 0.511. The highest BCUT2D eigenvalue weighted by molar-refractivity contribution is 7.91. The molecular formula is C24H23ClN2O5S. The number of aromatic nitrogens is 1. The first kappa shape index (κ1) is 23.2. The second-order valence-electron chi connectivity index (χ2n) is 8.13. The molecule has 0 radical (unpaired) electrons. The molecule has 1 aliphatic heterocycles. The number of benzene rings is 2. The number of halogens is 1. The summed E-state index contributed by atoms with van der Waals surface area (Å²) in [5, 5.41) is 1.17. The van der Waals surface area contributed by atoms with Gasteiger partial charge in [-0.25, -0.2) is 18.2 Å². The van der Waals surface area contributed by atoms with Gasteiger partial charge in [0.1, 0.15) is 0 Å². The molecule has 33 heavy (non-hydrogen) atoms. The second kappa shape index (κ2) is 9.11. The molecule has 0 bridgehead atoms. The molecule has 1 atom stereocenters. The van der Waals surface area contributed by atoms with Crippen LogP contribution < -0.4 is 0 Å². The third kappa shape index (κ3) is 4.86. The van der Waals surface area contributed by atoms with E-state index in [2.05, 4.69) is 0 Å². The molecule has 4 rings (SSSR count). The normalized spacial score (nSPS) is 17.1. The van der Waals surface area contributed by atoms with Gasteiger partial charge in [-0.05, 0) is 37.1 Å². The van der Waals surface area contributed by atoms with Crippen molar-refractivity contribution >= 4 is 44.2 Å². The van der Waals surface area contributed by atoms with Gasteiger partial charge in [-0.15, -0.1) is 0 Å². The predicted octanol–water partition coefficient (Wildman–Crippen LogP) is 3.67. The van der Waals surface area contributed by atoms with Gasteiger partial charge in [0.2, 0.25) is 0 Å². The smallest absolute Gasteiger partial charge is 0.339 e. The Kier molecular flexibility index (Phi) is 6.41. The van der Waals surface area contributed by atoms with E-state index in [0.29, 0.717) is 39.2 Å². The van der Waals surface area contributed by atoms with E-state index in [0.717, 1.165) is 5.56 Å². The molecule has 0 aliphatic carbocycles. The number of rotatable bonds is 5. The SMILES string of the molecule is Cc1c(-c2cccc(Cl)c2)nc2ccccc2c1C(=O)OCC(=O)N(C)[C@@H]1CCS(=O)(=O)C1. The van der Waals surface area contributed by atoms with Crippen LogP contribution in [0.5, 0.6) is 0 Å². The lowest BCUT2D eigenvalue weighted by Gasteiger charge is -2.23. The average Bonchev–Trinajstić information content (AvgIpc) is 3.15. The minimum absolute atomic E-state index is 0.0591. The summed E-state index contributed by atoms with van der Waals surface area (Å²) in [6.07, 6.45) is 0.385. The molecule has 0 spiro atoms. The van der Waals surface area contributed by atoms with E-state index >= 15 is 0 Å². The van der Waals surface area contributed by atoms with Gasteiger partial charge in [0.15, 0.2) is 16.4 Å². The van der Waals surface area contributed by atoms with Gasteiger partial charge in [0.05, 0.1) is 28.3 Å². The molecule has 0 saturated carbocycles. The maximum absolute atomic E-state index is 13.1. The molecule has 1 amide bonds. The van der Waals surface area contributed by atoms with E-state index in [4.69, 9.17) is 21.3 Å². The van der Waals surface area contributed by atoms with Crippen molar-refractivity contribution in [3.05, 3.63) is 64.7 Å². The second-order valence-corrected chi connectivity index (χ2v) is 10.8. The topological polar surface area (TPSA) is 93.6 Å². The number of para-hydroxylation sites is 1. The summed E-state index contributed by atoms with van der Waals surface area (Å²) in [5.41, 5.74) is 2.92. The zero-order chi connectivity index (χ0) is 23.8. The predicted molar refractivity (Wildman–Crippen MR) is 127 cm³/mol. The van der Waals surface area contributed by atoms with Gasteiger partial charge < -0.3 is 9.64 Å². The Balaban J connectivity index is 1.61. The largest absolute Gasteiger partial charge is 0.452 e. The first-order valence-electron chi connectivity index (χ1n) is 10.4. The first-order valence-corrected chi connectivity index (χ1v) is 12.6. The van der Waals surface area contributed by atoms with E-state index in [1.807, 2.05) is 18.2 Å². The number of hydrogen-bond donors (Lipinski definition) is 0. The van der Waals surface area contributed by atoms with Gasteiger partial charge >= 0.3 is 5.97 Å². The molecule has 2 heterocycles. The minimum atomic E-state index is -3.13. The number of carbonyl (C=O) groups excluding carboxylic acids is 2. The van der Waals surface area contributed by atoms with Crippen molar-refractivity contribution in [1.82, 2.24) is 9.88 Å². The van der Waals surface area contributed by atoms with Crippen LogP contribution in [-0.2, 0) is 19.4 Å². The van der Waals surface area contributed by atoms with Gasteiger partial charge in [-0.1, -0.05) is 41.9 Å². The maximum atomic E-state index is 13.1. The van der Waals surface area contributed by atoms with Crippen LogP contribution in [0, 0.1) is 6.92 Å². The fraction of sp³-hybridized carbons (Fsp3) is 0.292. The highest BCUT2D eigenvalue weighted by Gasteiger charge is 2.33. The summed E-state index contributed by atoms with van der Waals surface area (Å²) >= 11 is 6.15. The number of ether oxygens (including phenoxy) is 1. The third-order valence-corrected chi connectivity index (χ3v) is 7.90. The summed E-state index contributed by atoms with van der Waals surface area (Å²) in [6, 6.07) is 14.0. The molecule has 0 N–H and O–H groups in total. The lowest BCUT2D eigenvalue weighted by molar-refractivity contribution is -0.134.